The lowest BCUT2D eigenvalue weighted by Crippen LogP contribution is -2.58. The van der Waals surface area contributed by atoms with E-state index in [1.807, 2.05) is 18.9 Å². The molecule has 0 spiro atoms. The smallest absolute Gasteiger partial charge is 0.239 e. The zero-order valence-electron chi connectivity index (χ0n) is 8.13. The van der Waals surface area contributed by atoms with Gasteiger partial charge in [0.15, 0.2) is 0 Å². The Morgan fingerprint density at radius 1 is 1.50 bits per heavy atom. The second-order valence-electron chi connectivity index (χ2n) is 3.38. The number of rotatable bonds is 2. The van der Waals surface area contributed by atoms with Crippen molar-refractivity contribution in [1.29, 1.82) is 0 Å². The van der Waals surface area contributed by atoms with Gasteiger partial charge in [-0.05, 0) is 12.8 Å². The maximum atomic E-state index is 11.6. The molecule has 1 aliphatic heterocycles. The number of hydrogen-bond donors (Lipinski definition) is 1. The first-order valence-electron chi connectivity index (χ1n) is 4.70. The topological polar surface area (TPSA) is 32.3 Å². The van der Waals surface area contributed by atoms with E-state index in [9.17, 15) is 4.79 Å². The van der Waals surface area contributed by atoms with E-state index < -0.39 is 0 Å². The van der Waals surface area contributed by atoms with Gasteiger partial charge in [0.25, 0.3) is 0 Å². The summed E-state index contributed by atoms with van der Waals surface area (Å²) in [6, 6.07) is 0.443. The molecule has 0 saturated carbocycles. The summed E-state index contributed by atoms with van der Waals surface area (Å²) in [6.07, 6.45) is 1.92. The van der Waals surface area contributed by atoms with E-state index >= 15 is 0 Å². The van der Waals surface area contributed by atoms with Crippen LogP contribution in [0.1, 0.15) is 26.7 Å². The van der Waals surface area contributed by atoms with Crippen LogP contribution in [0.3, 0.4) is 0 Å². The van der Waals surface area contributed by atoms with E-state index in [-0.39, 0.29) is 11.9 Å². The van der Waals surface area contributed by atoms with Crippen LogP contribution in [-0.2, 0) is 4.79 Å². The Hall–Kier alpha value is -0.570. The van der Waals surface area contributed by atoms with Crippen molar-refractivity contribution in [1.82, 2.24) is 10.2 Å². The van der Waals surface area contributed by atoms with Crippen LogP contribution in [0.2, 0.25) is 0 Å². The number of likely N-dealkylation sites (N-methyl/N-ethyl adjacent to an activating group) is 1. The van der Waals surface area contributed by atoms with Gasteiger partial charge in [-0.3, -0.25) is 4.79 Å². The molecule has 0 aliphatic carbocycles. The molecule has 70 valence electrons. The number of carbonyl (C=O) groups excluding carboxylic acids is 1. The second kappa shape index (κ2) is 3.90. The summed E-state index contributed by atoms with van der Waals surface area (Å²) >= 11 is 0. The van der Waals surface area contributed by atoms with Crippen LogP contribution in [0, 0.1) is 0 Å². The minimum absolute atomic E-state index is 0.0535. The molecule has 1 N–H and O–H groups in total. The van der Waals surface area contributed by atoms with Crippen LogP contribution in [0.25, 0.3) is 0 Å². The number of nitrogens with zero attached hydrogens (tertiary/aromatic N) is 1. The molecule has 0 aromatic carbocycles. The highest BCUT2D eigenvalue weighted by atomic mass is 16.2. The Morgan fingerprint density at radius 3 is 2.67 bits per heavy atom. The molecule has 0 radical (unpaired) electrons. The maximum absolute atomic E-state index is 11.6. The van der Waals surface area contributed by atoms with E-state index in [1.54, 1.807) is 0 Å². The van der Waals surface area contributed by atoms with Crippen molar-refractivity contribution >= 4 is 5.91 Å². The standard InChI is InChI=1S/C9H18N2O/c1-4-7-6-10-8(5-2)9(12)11(7)3/h7-8,10H,4-6H2,1-3H3. The monoisotopic (exact) mass is 170 g/mol. The van der Waals surface area contributed by atoms with E-state index in [0.29, 0.717) is 6.04 Å². The molecule has 3 nitrogen and oxygen atoms in total. The van der Waals surface area contributed by atoms with E-state index in [4.69, 9.17) is 0 Å². The van der Waals surface area contributed by atoms with E-state index in [0.717, 1.165) is 19.4 Å². The Kier molecular flexibility index (Phi) is 3.09. The highest BCUT2D eigenvalue weighted by molar-refractivity contribution is 5.82. The van der Waals surface area contributed by atoms with Crippen LogP contribution in [0.5, 0.6) is 0 Å². The quantitative estimate of drug-likeness (QED) is 0.658. The third kappa shape index (κ3) is 1.61. The van der Waals surface area contributed by atoms with Crippen molar-refractivity contribution in [2.75, 3.05) is 13.6 Å². The van der Waals surface area contributed by atoms with Crippen molar-refractivity contribution in [2.24, 2.45) is 0 Å². The van der Waals surface area contributed by atoms with Gasteiger partial charge in [-0.25, -0.2) is 0 Å². The van der Waals surface area contributed by atoms with Gasteiger partial charge in [-0.1, -0.05) is 13.8 Å². The van der Waals surface area contributed by atoms with Gasteiger partial charge in [0.05, 0.1) is 6.04 Å². The molecule has 1 aliphatic rings. The van der Waals surface area contributed by atoms with Crippen LogP contribution >= 0.6 is 0 Å². The molecular formula is C9H18N2O. The molecule has 12 heavy (non-hydrogen) atoms. The molecule has 1 fully saturated rings. The normalized spacial score (nSPS) is 30.9. The van der Waals surface area contributed by atoms with Crippen LogP contribution in [-0.4, -0.2) is 36.5 Å². The Bertz CT molecular complexity index is 170. The largest absolute Gasteiger partial charge is 0.340 e. The molecule has 3 heteroatoms. The molecule has 0 aromatic heterocycles. The molecule has 1 rings (SSSR count). The minimum atomic E-state index is 0.0535. The van der Waals surface area contributed by atoms with Gasteiger partial charge in [0.1, 0.15) is 0 Å². The summed E-state index contributed by atoms with van der Waals surface area (Å²) in [5, 5.41) is 3.26. The molecule has 2 unspecified atom stereocenters. The van der Waals surface area contributed by atoms with Crippen molar-refractivity contribution in [3.63, 3.8) is 0 Å². The fraction of sp³-hybridized carbons (Fsp3) is 0.889. The zero-order valence-corrected chi connectivity index (χ0v) is 8.13. The summed E-state index contributed by atoms with van der Waals surface area (Å²) in [4.78, 5) is 13.5. The van der Waals surface area contributed by atoms with Gasteiger partial charge in [0, 0.05) is 19.6 Å². The summed E-state index contributed by atoms with van der Waals surface area (Å²) in [6.45, 7) is 5.09. The summed E-state index contributed by atoms with van der Waals surface area (Å²) in [7, 11) is 1.90. The third-order valence-corrected chi connectivity index (χ3v) is 2.67. The van der Waals surface area contributed by atoms with Gasteiger partial charge in [-0.2, -0.15) is 0 Å². The highest BCUT2D eigenvalue weighted by Crippen LogP contribution is 2.10. The summed E-state index contributed by atoms with van der Waals surface area (Å²) in [5.41, 5.74) is 0. The zero-order chi connectivity index (χ0) is 9.14. The third-order valence-electron chi connectivity index (χ3n) is 2.67. The number of hydrogen-bond acceptors (Lipinski definition) is 2. The first kappa shape index (κ1) is 9.52. The van der Waals surface area contributed by atoms with Crippen molar-refractivity contribution in [2.45, 2.75) is 38.8 Å². The molecule has 1 heterocycles. The van der Waals surface area contributed by atoms with Crippen molar-refractivity contribution < 1.29 is 4.79 Å². The van der Waals surface area contributed by atoms with Gasteiger partial charge < -0.3 is 10.2 Å². The number of amides is 1. The first-order valence-corrected chi connectivity index (χ1v) is 4.70. The molecule has 1 amide bonds. The Labute approximate surface area is 74.1 Å². The molecule has 2 atom stereocenters. The van der Waals surface area contributed by atoms with Crippen LogP contribution in [0.15, 0.2) is 0 Å². The number of nitrogens with one attached hydrogen (secondary N) is 1. The number of piperazine rings is 1. The highest BCUT2D eigenvalue weighted by Gasteiger charge is 2.29. The lowest BCUT2D eigenvalue weighted by Gasteiger charge is -2.36. The predicted molar refractivity (Wildman–Crippen MR) is 48.9 cm³/mol. The lowest BCUT2D eigenvalue weighted by atomic mass is 10.1. The van der Waals surface area contributed by atoms with Crippen molar-refractivity contribution in [3.8, 4) is 0 Å². The van der Waals surface area contributed by atoms with Gasteiger partial charge in [0.2, 0.25) is 5.91 Å². The van der Waals surface area contributed by atoms with E-state index in [1.165, 1.54) is 0 Å². The SMILES string of the molecule is CCC1NCC(CC)N(C)C1=O. The molecule has 0 bridgehead atoms. The van der Waals surface area contributed by atoms with Gasteiger partial charge in [-0.15, -0.1) is 0 Å². The molecule has 1 saturated heterocycles. The van der Waals surface area contributed by atoms with Crippen LogP contribution in [0.4, 0.5) is 0 Å². The molecular weight excluding hydrogens is 152 g/mol. The van der Waals surface area contributed by atoms with Gasteiger partial charge >= 0.3 is 0 Å². The average molecular weight is 170 g/mol. The second-order valence-corrected chi connectivity index (χ2v) is 3.38. The Balaban J connectivity index is 2.59. The van der Waals surface area contributed by atoms with E-state index in [2.05, 4.69) is 12.2 Å². The fourth-order valence-electron chi connectivity index (χ4n) is 1.67. The fourth-order valence-corrected chi connectivity index (χ4v) is 1.67. The predicted octanol–water partition coefficient (Wildman–Crippen LogP) is 0.605. The average Bonchev–Trinajstić information content (AvgIpc) is 2.10. The first-order chi connectivity index (χ1) is 5.70. The molecule has 0 aromatic rings. The number of carbonyl (C=O) groups is 1. The Morgan fingerprint density at radius 2 is 2.17 bits per heavy atom. The van der Waals surface area contributed by atoms with Crippen LogP contribution < -0.4 is 5.32 Å². The minimum Gasteiger partial charge on any atom is -0.340 e. The summed E-state index contributed by atoms with van der Waals surface area (Å²) < 4.78 is 0. The summed E-state index contributed by atoms with van der Waals surface area (Å²) in [5.74, 6) is 0.246. The van der Waals surface area contributed by atoms with Crippen molar-refractivity contribution in [3.05, 3.63) is 0 Å². The lowest BCUT2D eigenvalue weighted by molar-refractivity contribution is -0.137. The maximum Gasteiger partial charge on any atom is 0.239 e.